The van der Waals surface area contributed by atoms with Gasteiger partial charge in [-0.1, -0.05) is 25.4 Å². The Hall–Kier alpha value is -2.16. The van der Waals surface area contributed by atoms with Crippen LogP contribution >= 0.6 is 11.6 Å². The highest BCUT2D eigenvalue weighted by Crippen LogP contribution is 2.25. The Labute approximate surface area is 163 Å². The minimum absolute atomic E-state index is 0.0358. The van der Waals surface area contributed by atoms with E-state index in [4.69, 9.17) is 16.3 Å². The summed E-state index contributed by atoms with van der Waals surface area (Å²) in [6.07, 6.45) is 1.19. The second-order valence-corrected chi connectivity index (χ2v) is 8.04. The Kier molecular flexibility index (Phi) is 6.80. The third-order valence-corrected chi connectivity index (χ3v) is 6.42. The third-order valence-electron chi connectivity index (χ3n) is 4.09. The third kappa shape index (κ3) is 4.58. The molecular weight excluding hydrogens is 392 g/mol. The standard InChI is InChI=1S/C18H21ClN2O5S/c1-4-21(5-2)27(24,25)14-7-9-18(23)20(11-14)12-16(22)13-6-8-17(26-3)15(19)10-13/h6-11H,4-5,12H2,1-3H3. The van der Waals surface area contributed by atoms with Crippen LogP contribution in [0.3, 0.4) is 0 Å². The van der Waals surface area contributed by atoms with Crippen molar-refractivity contribution in [1.82, 2.24) is 8.87 Å². The summed E-state index contributed by atoms with van der Waals surface area (Å²) >= 11 is 6.03. The summed E-state index contributed by atoms with van der Waals surface area (Å²) in [5.41, 5.74) is -0.175. The van der Waals surface area contributed by atoms with E-state index in [1.807, 2.05) is 0 Å². The zero-order valence-electron chi connectivity index (χ0n) is 15.3. The highest BCUT2D eigenvalue weighted by Gasteiger charge is 2.22. The number of rotatable bonds is 8. The molecule has 0 aliphatic rings. The molecule has 1 heterocycles. The number of benzene rings is 1. The van der Waals surface area contributed by atoms with Gasteiger partial charge in [-0.05, 0) is 24.3 Å². The molecule has 0 unspecified atom stereocenters. The van der Waals surface area contributed by atoms with E-state index in [1.54, 1.807) is 19.9 Å². The van der Waals surface area contributed by atoms with Crippen LogP contribution in [0.5, 0.6) is 5.75 Å². The van der Waals surface area contributed by atoms with Crippen LogP contribution in [0.4, 0.5) is 0 Å². The lowest BCUT2D eigenvalue weighted by atomic mass is 10.1. The van der Waals surface area contributed by atoms with Crippen LogP contribution in [0.15, 0.2) is 46.2 Å². The molecular formula is C18H21ClN2O5S. The zero-order valence-corrected chi connectivity index (χ0v) is 16.9. The van der Waals surface area contributed by atoms with Gasteiger partial charge in [-0.15, -0.1) is 0 Å². The molecule has 146 valence electrons. The Balaban J connectivity index is 2.35. The first-order valence-corrected chi connectivity index (χ1v) is 10.1. The molecule has 0 aliphatic carbocycles. The van der Waals surface area contributed by atoms with E-state index in [9.17, 15) is 18.0 Å². The zero-order chi connectivity index (χ0) is 20.2. The molecule has 27 heavy (non-hydrogen) atoms. The van der Waals surface area contributed by atoms with E-state index in [0.717, 1.165) is 10.6 Å². The molecule has 9 heteroatoms. The average Bonchev–Trinajstić information content (AvgIpc) is 2.64. The molecule has 0 aliphatic heterocycles. The van der Waals surface area contributed by atoms with Gasteiger partial charge >= 0.3 is 0 Å². The normalized spacial score (nSPS) is 11.6. The highest BCUT2D eigenvalue weighted by atomic mass is 35.5. The number of ether oxygens (including phenoxy) is 1. The molecule has 0 bridgehead atoms. The first-order chi connectivity index (χ1) is 12.7. The van der Waals surface area contributed by atoms with Gasteiger partial charge < -0.3 is 9.30 Å². The molecule has 0 radical (unpaired) electrons. The number of ketones is 1. The minimum Gasteiger partial charge on any atom is -0.495 e. The second kappa shape index (κ2) is 8.69. The van der Waals surface area contributed by atoms with Crippen molar-refractivity contribution in [2.75, 3.05) is 20.2 Å². The number of carbonyl (C=O) groups excluding carboxylic acids is 1. The van der Waals surface area contributed by atoms with Crippen LogP contribution < -0.4 is 10.3 Å². The number of methoxy groups -OCH3 is 1. The Bertz CT molecular complexity index is 997. The van der Waals surface area contributed by atoms with E-state index in [-0.39, 0.29) is 22.2 Å². The van der Waals surface area contributed by atoms with Gasteiger partial charge in [0.15, 0.2) is 5.78 Å². The van der Waals surface area contributed by atoms with Crippen molar-refractivity contribution in [1.29, 1.82) is 0 Å². The molecule has 0 saturated heterocycles. The molecule has 0 spiro atoms. The topological polar surface area (TPSA) is 85.7 Å². The van der Waals surface area contributed by atoms with Gasteiger partial charge in [-0.25, -0.2) is 8.42 Å². The number of nitrogens with zero attached hydrogens (tertiary/aromatic N) is 2. The lowest BCUT2D eigenvalue weighted by molar-refractivity contribution is 0.0970. The van der Waals surface area contributed by atoms with Crippen LogP contribution in [-0.2, 0) is 16.6 Å². The largest absolute Gasteiger partial charge is 0.495 e. The molecule has 2 rings (SSSR count). The van der Waals surface area contributed by atoms with E-state index < -0.39 is 15.6 Å². The summed E-state index contributed by atoms with van der Waals surface area (Å²) in [7, 11) is -2.27. The van der Waals surface area contributed by atoms with Crippen molar-refractivity contribution in [2.24, 2.45) is 0 Å². The lowest BCUT2D eigenvalue weighted by Gasteiger charge is -2.19. The lowest BCUT2D eigenvalue weighted by Crippen LogP contribution is -2.32. The molecule has 0 atom stereocenters. The highest BCUT2D eigenvalue weighted by molar-refractivity contribution is 7.89. The minimum atomic E-state index is -3.73. The van der Waals surface area contributed by atoms with Gasteiger partial charge in [-0.2, -0.15) is 4.31 Å². The van der Waals surface area contributed by atoms with Gasteiger partial charge in [0, 0.05) is 30.9 Å². The Morgan fingerprint density at radius 2 is 1.85 bits per heavy atom. The Morgan fingerprint density at radius 3 is 2.41 bits per heavy atom. The van der Waals surface area contributed by atoms with Crippen molar-refractivity contribution in [3.63, 3.8) is 0 Å². The predicted octanol–water partition coefficient (Wildman–Crippen LogP) is 2.42. The summed E-state index contributed by atoms with van der Waals surface area (Å²) < 4.78 is 32.7. The smallest absolute Gasteiger partial charge is 0.251 e. The maximum absolute atomic E-state index is 12.6. The molecule has 0 fully saturated rings. The summed E-state index contributed by atoms with van der Waals surface area (Å²) in [6, 6.07) is 6.93. The van der Waals surface area contributed by atoms with E-state index in [1.165, 1.54) is 35.8 Å². The predicted molar refractivity (Wildman–Crippen MR) is 103 cm³/mol. The molecule has 1 aromatic heterocycles. The fraction of sp³-hybridized carbons (Fsp3) is 0.333. The van der Waals surface area contributed by atoms with Crippen molar-refractivity contribution >= 4 is 27.4 Å². The number of aromatic nitrogens is 1. The number of pyridine rings is 1. The molecule has 1 aromatic carbocycles. The first-order valence-electron chi connectivity index (χ1n) is 8.32. The number of sulfonamides is 1. The van der Waals surface area contributed by atoms with Gasteiger partial charge in [0.25, 0.3) is 5.56 Å². The maximum atomic E-state index is 12.6. The van der Waals surface area contributed by atoms with Gasteiger partial charge in [0.2, 0.25) is 10.0 Å². The Morgan fingerprint density at radius 1 is 1.19 bits per heavy atom. The summed E-state index contributed by atoms with van der Waals surface area (Å²) in [5, 5.41) is 0.272. The molecule has 2 aromatic rings. The fourth-order valence-electron chi connectivity index (χ4n) is 2.58. The molecule has 0 N–H and O–H groups in total. The number of Topliss-reactive ketones (excluding diaryl/α,β-unsaturated/α-hetero) is 1. The average molecular weight is 413 g/mol. The van der Waals surface area contributed by atoms with Gasteiger partial charge in [-0.3, -0.25) is 9.59 Å². The summed E-state index contributed by atoms with van der Waals surface area (Å²) in [4.78, 5) is 24.6. The number of halogens is 1. The maximum Gasteiger partial charge on any atom is 0.251 e. The quantitative estimate of drug-likeness (QED) is 0.621. The van der Waals surface area contributed by atoms with Gasteiger partial charge in [0.1, 0.15) is 5.75 Å². The van der Waals surface area contributed by atoms with E-state index in [0.29, 0.717) is 24.4 Å². The molecule has 7 nitrogen and oxygen atoms in total. The fourth-order valence-corrected chi connectivity index (χ4v) is 4.32. The number of hydrogen-bond acceptors (Lipinski definition) is 5. The van der Waals surface area contributed by atoms with Crippen LogP contribution in [0, 0.1) is 0 Å². The van der Waals surface area contributed by atoms with Crippen LogP contribution in [-0.4, -0.2) is 43.3 Å². The van der Waals surface area contributed by atoms with Crippen LogP contribution in [0.25, 0.3) is 0 Å². The van der Waals surface area contributed by atoms with E-state index in [2.05, 4.69) is 0 Å². The van der Waals surface area contributed by atoms with Crippen molar-refractivity contribution in [3.05, 3.63) is 57.5 Å². The summed E-state index contributed by atoms with van der Waals surface area (Å²) in [5.74, 6) is 0.0525. The second-order valence-electron chi connectivity index (χ2n) is 5.69. The SMILES string of the molecule is CCN(CC)S(=O)(=O)c1ccc(=O)n(CC(=O)c2ccc(OC)c(Cl)c2)c1. The van der Waals surface area contributed by atoms with Gasteiger partial charge in [0.05, 0.1) is 23.6 Å². The first kappa shape index (κ1) is 21.1. The monoisotopic (exact) mass is 412 g/mol. The van der Waals surface area contributed by atoms with Crippen molar-refractivity contribution in [3.8, 4) is 5.75 Å². The number of hydrogen-bond donors (Lipinski definition) is 0. The molecule has 0 saturated carbocycles. The van der Waals surface area contributed by atoms with Crippen LogP contribution in [0.2, 0.25) is 5.02 Å². The number of carbonyl (C=O) groups is 1. The summed E-state index contributed by atoms with van der Waals surface area (Å²) in [6.45, 7) is 3.77. The molecule has 0 amide bonds. The van der Waals surface area contributed by atoms with Crippen molar-refractivity contribution in [2.45, 2.75) is 25.3 Å². The van der Waals surface area contributed by atoms with Crippen LogP contribution in [0.1, 0.15) is 24.2 Å². The van der Waals surface area contributed by atoms with Crippen molar-refractivity contribution < 1.29 is 17.9 Å². The van der Waals surface area contributed by atoms with E-state index >= 15 is 0 Å².